The van der Waals surface area contributed by atoms with Crippen LogP contribution in [0.5, 0.6) is 11.9 Å². The summed E-state index contributed by atoms with van der Waals surface area (Å²) in [5.74, 6) is 0.445. The van der Waals surface area contributed by atoms with Crippen LogP contribution in [0.1, 0.15) is 11.3 Å². The molecule has 0 spiro atoms. The Hall–Kier alpha value is -2.67. The van der Waals surface area contributed by atoms with Crippen LogP contribution in [0.4, 0.5) is 0 Å². The first-order valence-corrected chi connectivity index (χ1v) is 6.47. The van der Waals surface area contributed by atoms with Crippen LogP contribution in [-0.4, -0.2) is 29.7 Å². The largest absolute Gasteiger partial charge is 0.404 e. The maximum absolute atomic E-state index is 9.39. The van der Waals surface area contributed by atoms with Gasteiger partial charge in [-0.2, -0.15) is 10.1 Å². The normalized spacial score (nSPS) is 10.8. The molecule has 3 rings (SSSR count). The monoisotopic (exact) mass is 285 g/mol. The first-order chi connectivity index (χ1) is 10.2. The van der Waals surface area contributed by atoms with E-state index in [2.05, 4.69) is 15.2 Å². The molecule has 1 aromatic carbocycles. The van der Waals surface area contributed by atoms with E-state index in [1.807, 2.05) is 37.3 Å². The van der Waals surface area contributed by atoms with E-state index in [-0.39, 0.29) is 12.6 Å². The Balaban J connectivity index is 1.89. The first-order valence-electron chi connectivity index (χ1n) is 6.47. The maximum Gasteiger partial charge on any atom is 0.342 e. The molecule has 2 heterocycles. The summed E-state index contributed by atoms with van der Waals surface area (Å²) in [6.45, 7) is 1.67. The van der Waals surface area contributed by atoms with E-state index in [0.29, 0.717) is 11.4 Å². The Morgan fingerprint density at radius 3 is 2.67 bits per heavy atom. The molecule has 0 atom stereocenters. The molecule has 0 bridgehead atoms. The Bertz CT molecular complexity index is 748. The molecule has 3 aromatic rings. The number of para-hydroxylation sites is 1. The second-order valence-electron chi connectivity index (χ2n) is 4.56. The van der Waals surface area contributed by atoms with Gasteiger partial charge >= 0.3 is 6.01 Å². The minimum atomic E-state index is -0.144. The summed E-state index contributed by atoms with van der Waals surface area (Å²) in [5, 5.41) is 17.9. The van der Waals surface area contributed by atoms with Crippen molar-refractivity contribution in [3.63, 3.8) is 0 Å². The molecule has 1 N–H and O–H groups in total. The molecule has 21 heavy (non-hydrogen) atoms. The van der Waals surface area contributed by atoms with E-state index in [4.69, 9.17) is 4.74 Å². The molecule has 0 fully saturated rings. The van der Waals surface area contributed by atoms with Gasteiger partial charge in [0.15, 0.2) is 0 Å². The first kappa shape index (κ1) is 13.3. The molecule has 0 saturated heterocycles. The summed E-state index contributed by atoms with van der Waals surface area (Å²) in [6.07, 6.45) is 1.58. The van der Waals surface area contributed by atoms with Gasteiger partial charge in [-0.25, -0.2) is 9.36 Å². The van der Waals surface area contributed by atoms with Gasteiger partial charge in [-0.15, -0.1) is 5.10 Å². The number of nitrogens with zero attached hydrogens (tertiary/aromatic N) is 5. The Morgan fingerprint density at radius 2 is 1.95 bits per heavy atom. The highest BCUT2D eigenvalue weighted by molar-refractivity contribution is 5.33. The number of aryl methyl sites for hydroxylation is 2. The zero-order valence-corrected chi connectivity index (χ0v) is 11.8. The summed E-state index contributed by atoms with van der Waals surface area (Å²) >= 11 is 0. The molecule has 7 heteroatoms. The van der Waals surface area contributed by atoms with Crippen LogP contribution in [0.2, 0.25) is 0 Å². The summed E-state index contributed by atoms with van der Waals surface area (Å²) in [5.41, 5.74) is 2.24. The SMILES string of the molecule is Cc1nn(C)c(Oc2ncn(-c3ccccc3)n2)c1CO. The zero-order chi connectivity index (χ0) is 14.8. The van der Waals surface area contributed by atoms with Gasteiger partial charge in [-0.1, -0.05) is 18.2 Å². The summed E-state index contributed by atoms with van der Waals surface area (Å²) in [4.78, 5) is 4.12. The number of hydrogen-bond donors (Lipinski definition) is 1. The van der Waals surface area contributed by atoms with E-state index in [0.717, 1.165) is 11.4 Å². The number of hydrogen-bond acceptors (Lipinski definition) is 5. The van der Waals surface area contributed by atoms with Gasteiger partial charge in [0.05, 0.1) is 23.6 Å². The fourth-order valence-electron chi connectivity index (χ4n) is 2.08. The Morgan fingerprint density at radius 1 is 1.19 bits per heavy atom. The van der Waals surface area contributed by atoms with Crippen molar-refractivity contribution in [2.24, 2.45) is 7.05 Å². The van der Waals surface area contributed by atoms with Crippen LogP contribution < -0.4 is 4.74 Å². The predicted molar refractivity (Wildman–Crippen MR) is 75.3 cm³/mol. The Kier molecular flexibility index (Phi) is 3.41. The number of aliphatic hydroxyl groups is 1. The van der Waals surface area contributed by atoms with Crippen molar-refractivity contribution in [3.05, 3.63) is 47.9 Å². The third kappa shape index (κ3) is 2.50. The second-order valence-corrected chi connectivity index (χ2v) is 4.56. The third-order valence-electron chi connectivity index (χ3n) is 3.13. The highest BCUT2D eigenvalue weighted by atomic mass is 16.5. The average molecular weight is 285 g/mol. The highest BCUT2D eigenvalue weighted by Crippen LogP contribution is 2.25. The highest BCUT2D eigenvalue weighted by Gasteiger charge is 2.16. The molecule has 0 aliphatic rings. The van der Waals surface area contributed by atoms with Crippen LogP contribution in [0.15, 0.2) is 36.7 Å². The number of ether oxygens (including phenoxy) is 1. The lowest BCUT2D eigenvalue weighted by molar-refractivity contribution is 0.273. The second kappa shape index (κ2) is 5.37. The molecule has 0 saturated carbocycles. The van der Waals surface area contributed by atoms with Gasteiger partial charge in [-0.3, -0.25) is 0 Å². The topological polar surface area (TPSA) is 78.0 Å². The van der Waals surface area contributed by atoms with Gasteiger partial charge in [0, 0.05) is 7.05 Å². The molecule has 2 aromatic heterocycles. The van der Waals surface area contributed by atoms with Crippen LogP contribution in [0.25, 0.3) is 5.69 Å². The van der Waals surface area contributed by atoms with E-state index in [9.17, 15) is 5.11 Å². The molecule has 0 aliphatic heterocycles. The van der Waals surface area contributed by atoms with Crippen LogP contribution >= 0.6 is 0 Å². The van der Waals surface area contributed by atoms with Gasteiger partial charge in [0.2, 0.25) is 5.88 Å². The molecule has 7 nitrogen and oxygen atoms in total. The molecular weight excluding hydrogens is 270 g/mol. The van der Waals surface area contributed by atoms with Gasteiger partial charge in [0.25, 0.3) is 0 Å². The van der Waals surface area contributed by atoms with Gasteiger partial charge < -0.3 is 9.84 Å². The van der Waals surface area contributed by atoms with Crippen molar-refractivity contribution in [1.82, 2.24) is 24.5 Å². The molecule has 108 valence electrons. The zero-order valence-electron chi connectivity index (χ0n) is 11.8. The van der Waals surface area contributed by atoms with Crippen LogP contribution in [-0.2, 0) is 13.7 Å². The number of aliphatic hydroxyl groups excluding tert-OH is 1. The molecular formula is C14H15N5O2. The fourth-order valence-corrected chi connectivity index (χ4v) is 2.08. The van der Waals surface area contributed by atoms with Crippen molar-refractivity contribution in [2.75, 3.05) is 0 Å². The number of benzene rings is 1. The van der Waals surface area contributed by atoms with Crippen LogP contribution in [0, 0.1) is 6.92 Å². The van der Waals surface area contributed by atoms with E-state index < -0.39 is 0 Å². The van der Waals surface area contributed by atoms with Crippen molar-refractivity contribution < 1.29 is 9.84 Å². The number of rotatable bonds is 4. The lowest BCUT2D eigenvalue weighted by Gasteiger charge is -2.03. The lowest BCUT2D eigenvalue weighted by Crippen LogP contribution is -1.99. The molecule has 0 aliphatic carbocycles. The smallest absolute Gasteiger partial charge is 0.342 e. The quantitative estimate of drug-likeness (QED) is 0.787. The van der Waals surface area contributed by atoms with Crippen molar-refractivity contribution >= 4 is 0 Å². The van der Waals surface area contributed by atoms with Crippen molar-refractivity contribution in [2.45, 2.75) is 13.5 Å². The van der Waals surface area contributed by atoms with E-state index in [1.165, 1.54) is 0 Å². The molecule has 0 amide bonds. The minimum absolute atomic E-state index is 0.144. The lowest BCUT2D eigenvalue weighted by atomic mass is 10.3. The van der Waals surface area contributed by atoms with Crippen molar-refractivity contribution in [3.8, 4) is 17.6 Å². The van der Waals surface area contributed by atoms with E-state index >= 15 is 0 Å². The maximum atomic E-state index is 9.39. The number of aromatic nitrogens is 5. The third-order valence-corrected chi connectivity index (χ3v) is 3.13. The average Bonchev–Trinajstić information content (AvgIpc) is 3.06. The fraction of sp³-hybridized carbons (Fsp3) is 0.214. The van der Waals surface area contributed by atoms with Gasteiger partial charge in [0.1, 0.15) is 6.33 Å². The minimum Gasteiger partial charge on any atom is -0.404 e. The standard InChI is InChI=1S/C14H15N5O2/c1-10-12(8-20)13(18(2)16-10)21-14-15-9-19(17-14)11-6-4-3-5-7-11/h3-7,9,20H,8H2,1-2H3. The summed E-state index contributed by atoms with van der Waals surface area (Å²) < 4.78 is 8.83. The predicted octanol–water partition coefficient (Wildman–Crippen LogP) is 1.59. The van der Waals surface area contributed by atoms with Crippen molar-refractivity contribution in [1.29, 1.82) is 0 Å². The summed E-state index contributed by atoms with van der Waals surface area (Å²) in [7, 11) is 1.75. The van der Waals surface area contributed by atoms with Crippen LogP contribution in [0.3, 0.4) is 0 Å². The summed E-state index contributed by atoms with van der Waals surface area (Å²) in [6, 6.07) is 9.83. The molecule has 0 unspecified atom stereocenters. The van der Waals surface area contributed by atoms with E-state index in [1.54, 1.807) is 22.7 Å². The van der Waals surface area contributed by atoms with Gasteiger partial charge in [-0.05, 0) is 19.1 Å². The Labute approximate surface area is 121 Å². The molecule has 0 radical (unpaired) electrons.